The van der Waals surface area contributed by atoms with E-state index in [1.807, 2.05) is 13.0 Å². The number of nitriles is 1. The van der Waals surface area contributed by atoms with E-state index in [0.717, 1.165) is 0 Å². The Bertz CT molecular complexity index is 962. The number of ether oxygens (including phenoxy) is 2. The van der Waals surface area contributed by atoms with Crippen molar-refractivity contribution in [1.82, 2.24) is 0 Å². The standard InChI is InChI=1S/C20H17BrN2O5/c1-3-28-17-10-12(9-16(21)18(17)27-2)8-14(11-22)19(24)23-15-6-4-13(5-7-15)20(25)26/h4-10H,3H2,1-2H3,(H,23,24)(H,25,26)/b14-8+. The number of carboxylic acids is 1. The van der Waals surface area contributed by atoms with Gasteiger partial charge >= 0.3 is 5.97 Å². The van der Waals surface area contributed by atoms with Crippen molar-refractivity contribution in [3.05, 3.63) is 57.6 Å². The molecule has 144 valence electrons. The zero-order valence-electron chi connectivity index (χ0n) is 15.2. The molecule has 0 aliphatic carbocycles. The Hall–Kier alpha value is -3.31. The monoisotopic (exact) mass is 444 g/mol. The van der Waals surface area contributed by atoms with Gasteiger partial charge in [-0.15, -0.1) is 0 Å². The van der Waals surface area contributed by atoms with Crippen LogP contribution in [0.5, 0.6) is 11.5 Å². The van der Waals surface area contributed by atoms with E-state index >= 15 is 0 Å². The zero-order chi connectivity index (χ0) is 20.7. The second-order valence-corrected chi connectivity index (χ2v) is 6.33. The number of amides is 1. The summed E-state index contributed by atoms with van der Waals surface area (Å²) in [5.74, 6) is -0.686. The highest BCUT2D eigenvalue weighted by atomic mass is 79.9. The van der Waals surface area contributed by atoms with E-state index in [4.69, 9.17) is 14.6 Å². The molecule has 2 aromatic carbocycles. The van der Waals surface area contributed by atoms with Crippen molar-refractivity contribution in [1.29, 1.82) is 5.26 Å². The van der Waals surface area contributed by atoms with Gasteiger partial charge < -0.3 is 19.9 Å². The fourth-order valence-electron chi connectivity index (χ4n) is 2.34. The maximum atomic E-state index is 12.4. The molecule has 0 fully saturated rings. The van der Waals surface area contributed by atoms with Crippen LogP contribution in [-0.4, -0.2) is 30.7 Å². The van der Waals surface area contributed by atoms with Crippen molar-refractivity contribution in [3.8, 4) is 17.6 Å². The summed E-state index contributed by atoms with van der Waals surface area (Å²) in [6, 6.07) is 10.9. The van der Waals surface area contributed by atoms with Crippen LogP contribution in [0.1, 0.15) is 22.8 Å². The lowest BCUT2D eigenvalue weighted by atomic mass is 10.1. The Morgan fingerprint density at radius 1 is 1.29 bits per heavy atom. The van der Waals surface area contributed by atoms with Crippen molar-refractivity contribution >= 4 is 39.6 Å². The van der Waals surface area contributed by atoms with Gasteiger partial charge in [-0.1, -0.05) is 0 Å². The first-order chi connectivity index (χ1) is 13.4. The van der Waals surface area contributed by atoms with Gasteiger partial charge in [0, 0.05) is 5.69 Å². The number of rotatable bonds is 7. The maximum Gasteiger partial charge on any atom is 0.335 e. The average molecular weight is 445 g/mol. The van der Waals surface area contributed by atoms with Gasteiger partial charge in [0.25, 0.3) is 5.91 Å². The summed E-state index contributed by atoms with van der Waals surface area (Å²) in [5, 5.41) is 20.8. The molecular weight excluding hydrogens is 428 g/mol. The molecule has 1 amide bonds. The lowest BCUT2D eigenvalue weighted by Gasteiger charge is -2.12. The third-order valence-corrected chi connectivity index (χ3v) is 4.19. The predicted molar refractivity (Wildman–Crippen MR) is 107 cm³/mol. The van der Waals surface area contributed by atoms with Gasteiger partial charge in [0.1, 0.15) is 11.6 Å². The number of carboxylic acid groups (broad SMARTS) is 1. The van der Waals surface area contributed by atoms with Gasteiger partial charge in [-0.25, -0.2) is 4.79 Å². The SMILES string of the molecule is CCOc1cc(/C=C(\C#N)C(=O)Nc2ccc(C(=O)O)cc2)cc(Br)c1OC. The smallest absolute Gasteiger partial charge is 0.335 e. The molecule has 0 bridgehead atoms. The number of nitrogens with one attached hydrogen (secondary N) is 1. The lowest BCUT2D eigenvalue weighted by Crippen LogP contribution is -2.13. The first kappa shape index (κ1) is 21.0. The van der Waals surface area contributed by atoms with E-state index in [-0.39, 0.29) is 11.1 Å². The summed E-state index contributed by atoms with van der Waals surface area (Å²) >= 11 is 3.38. The molecule has 2 N–H and O–H groups in total. The number of anilines is 1. The number of hydrogen-bond donors (Lipinski definition) is 2. The molecule has 0 saturated carbocycles. The molecule has 0 aliphatic heterocycles. The highest BCUT2D eigenvalue weighted by Gasteiger charge is 2.14. The van der Waals surface area contributed by atoms with E-state index in [0.29, 0.717) is 33.8 Å². The van der Waals surface area contributed by atoms with E-state index in [1.54, 1.807) is 12.1 Å². The Morgan fingerprint density at radius 2 is 1.96 bits per heavy atom. The van der Waals surface area contributed by atoms with Crippen molar-refractivity contribution in [2.45, 2.75) is 6.92 Å². The maximum absolute atomic E-state index is 12.4. The number of carbonyl (C=O) groups excluding carboxylic acids is 1. The molecule has 0 saturated heterocycles. The molecule has 0 unspecified atom stereocenters. The van der Waals surface area contributed by atoms with Crippen LogP contribution in [0, 0.1) is 11.3 Å². The summed E-state index contributed by atoms with van der Waals surface area (Å²) in [4.78, 5) is 23.3. The van der Waals surface area contributed by atoms with Gasteiger partial charge in [-0.2, -0.15) is 5.26 Å². The first-order valence-electron chi connectivity index (χ1n) is 8.16. The fourth-order valence-corrected chi connectivity index (χ4v) is 2.96. The van der Waals surface area contributed by atoms with Gasteiger partial charge in [0.2, 0.25) is 0 Å². The average Bonchev–Trinajstić information content (AvgIpc) is 2.66. The highest BCUT2D eigenvalue weighted by Crippen LogP contribution is 2.37. The van der Waals surface area contributed by atoms with Crippen LogP contribution in [0.4, 0.5) is 5.69 Å². The Balaban J connectivity index is 2.28. The lowest BCUT2D eigenvalue weighted by molar-refractivity contribution is -0.112. The topological polar surface area (TPSA) is 109 Å². The third kappa shape index (κ3) is 5.11. The van der Waals surface area contributed by atoms with Crippen LogP contribution in [0.3, 0.4) is 0 Å². The van der Waals surface area contributed by atoms with E-state index in [1.165, 1.54) is 37.5 Å². The molecule has 0 radical (unpaired) electrons. The molecule has 0 atom stereocenters. The molecule has 8 heteroatoms. The molecule has 28 heavy (non-hydrogen) atoms. The van der Waals surface area contributed by atoms with Crippen molar-refractivity contribution in [2.75, 3.05) is 19.0 Å². The molecular formula is C20H17BrN2O5. The van der Waals surface area contributed by atoms with Crippen LogP contribution in [-0.2, 0) is 4.79 Å². The van der Waals surface area contributed by atoms with E-state index in [9.17, 15) is 14.9 Å². The van der Waals surface area contributed by atoms with E-state index in [2.05, 4.69) is 21.2 Å². The Kier molecular flexibility index (Phi) is 7.18. The molecule has 0 aromatic heterocycles. The molecule has 0 spiro atoms. The molecule has 2 aromatic rings. The Morgan fingerprint density at radius 3 is 2.50 bits per heavy atom. The molecule has 0 aliphatic rings. The van der Waals surface area contributed by atoms with Gasteiger partial charge in [-0.3, -0.25) is 4.79 Å². The number of hydrogen-bond acceptors (Lipinski definition) is 5. The van der Waals surface area contributed by atoms with Gasteiger partial charge in [-0.05, 0) is 70.9 Å². The van der Waals surface area contributed by atoms with Crippen molar-refractivity contribution in [2.24, 2.45) is 0 Å². The summed E-state index contributed by atoms with van der Waals surface area (Å²) < 4.78 is 11.4. The first-order valence-corrected chi connectivity index (χ1v) is 8.95. The van der Waals surface area contributed by atoms with Crippen molar-refractivity contribution < 1.29 is 24.2 Å². The van der Waals surface area contributed by atoms with Crippen LogP contribution in [0.15, 0.2) is 46.4 Å². The van der Waals surface area contributed by atoms with E-state index < -0.39 is 11.9 Å². The quantitative estimate of drug-likeness (QED) is 0.491. The van der Waals surface area contributed by atoms with Gasteiger partial charge in [0.15, 0.2) is 11.5 Å². The minimum absolute atomic E-state index is 0.0978. The highest BCUT2D eigenvalue weighted by molar-refractivity contribution is 9.10. The zero-order valence-corrected chi connectivity index (χ0v) is 16.7. The number of halogens is 1. The largest absolute Gasteiger partial charge is 0.492 e. The van der Waals surface area contributed by atoms with Crippen LogP contribution >= 0.6 is 15.9 Å². The molecule has 7 nitrogen and oxygen atoms in total. The van der Waals surface area contributed by atoms with Crippen LogP contribution in [0.25, 0.3) is 6.08 Å². The minimum atomic E-state index is -1.06. The number of nitrogens with zero attached hydrogens (tertiary/aromatic N) is 1. The summed E-state index contributed by atoms with van der Waals surface area (Å²) in [7, 11) is 1.52. The Labute approximate surface area is 170 Å². The number of carbonyl (C=O) groups is 2. The fraction of sp³-hybridized carbons (Fsp3) is 0.150. The second-order valence-electron chi connectivity index (χ2n) is 5.47. The summed E-state index contributed by atoms with van der Waals surface area (Å²) in [6.45, 7) is 2.26. The second kappa shape index (κ2) is 9.58. The normalized spacial score (nSPS) is 10.7. The summed E-state index contributed by atoms with van der Waals surface area (Å²) in [5.41, 5.74) is 0.925. The molecule has 2 rings (SSSR count). The number of aromatic carboxylic acids is 1. The summed E-state index contributed by atoms with van der Waals surface area (Å²) in [6.07, 6.45) is 1.42. The van der Waals surface area contributed by atoms with Crippen LogP contribution < -0.4 is 14.8 Å². The van der Waals surface area contributed by atoms with Crippen LogP contribution in [0.2, 0.25) is 0 Å². The third-order valence-electron chi connectivity index (χ3n) is 3.60. The molecule has 0 heterocycles. The predicted octanol–water partition coefficient (Wildman–Crippen LogP) is 4.10. The van der Waals surface area contributed by atoms with Crippen molar-refractivity contribution in [3.63, 3.8) is 0 Å². The number of methoxy groups -OCH3 is 1. The number of benzene rings is 2. The van der Waals surface area contributed by atoms with Gasteiger partial charge in [0.05, 0.1) is 23.8 Å². The minimum Gasteiger partial charge on any atom is -0.492 e.